The zero-order valence-electron chi connectivity index (χ0n) is 23.8. The summed E-state index contributed by atoms with van der Waals surface area (Å²) in [4.78, 5) is 41.5. The van der Waals surface area contributed by atoms with E-state index in [-0.39, 0.29) is 53.7 Å². The molecule has 45 heavy (non-hydrogen) atoms. The largest absolute Gasteiger partial charge is 0.508 e. The maximum atomic E-state index is 14.2. The van der Waals surface area contributed by atoms with Crippen molar-refractivity contribution in [1.82, 2.24) is 5.16 Å². The molecule has 1 heterocycles. The molecule has 0 aliphatic heterocycles. The third kappa shape index (κ3) is 4.81. The number of ketones is 2. The number of Topliss-reactive ketones (excluding diaryl/α,β-unsaturated/α-hetero) is 2. The van der Waals surface area contributed by atoms with Gasteiger partial charge in [-0.1, -0.05) is 72.8 Å². The first-order valence-electron chi connectivity index (χ1n) is 14.5. The van der Waals surface area contributed by atoms with E-state index >= 15 is 0 Å². The topological polar surface area (TPSA) is 171 Å². The summed E-state index contributed by atoms with van der Waals surface area (Å²) in [6.45, 7) is 0.00152. The molecule has 0 spiro atoms. The molecule has 11 heteroatoms. The number of aromatic nitrogens is 1. The fraction of sp³-hybridized carbons (Fsp3) is 0.235. The monoisotopic (exact) mass is 608 g/mol. The van der Waals surface area contributed by atoms with E-state index < -0.39 is 53.4 Å². The van der Waals surface area contributed by atoms with Gasteiger partial charge in [0.2, 0.25) is 0 Å². The number of hydrogen-bond acceptors (Lipinski definition) is 11. The number of aliphatic hydroxyl groups is 1. The molecule has 0 amide bonds. The zero-order chi connectivity index (χ0) is 31.2. The zero-order valence-corrected chi connectivity index (χ0v) is 23.8. The molecular weight excluding hydrogens is 580 g/mol. The lowest BCUT2D eigenvalue weighted by molar-refractivity contribution is -0.129. The molecule has 3 aliphatic carbocycles. The highest BCUT2D eigenvalue weighted by atomic mass is 16.7. The summed E-state index contributed by atoms with van der Waals surface area (Å²) in [5.41, 5.74) is 8.67. The lowest BCUT2D eigenvalue weighted by atomic mass is 9.58. The van der Waals surface area contributed by atoms with E-state index in [0.717, 1.165) is 11.1 Å². The number of nitrogens with two attached hydrogens (primary N) is 1. The van der Waals surface area contributed by atoms with Crippen LogP contribution in [-0.2, 0) is 33.9 Å². The van der Waals surface area contributed by atoms with E-state index in [4.69, 9.17) is 24.5 Å². The van der Waals surface area contributed by atoms with Gasteiger partial charge in [0, 0.05) is 17.4 Å². The quantitative estimate of drug-likeness (QED) is 0.202. The molecule has 0 radical (unpaired) electrons. The number of aliphatic hydroxyl groups excluding tert-OH is 1. The van der Waals surface area contributed by atoms with Crippen molar-refractivity contribution in [3.05, 3.63) is 118 Å². The lowest BCUT2D eigenvalue weighted by Gasteiger charge is -2.46. The summed E-state index contributed by atoms with van der Waals surface area (Å²) in [5.74, 6) is -5.61. The minimum absolute atomic E-state index is 0.00821. The molecule has 1 unspecified atom stereocenters. The van der Waals surface area contributed by atoms with Gasteiger partial charge in [-0.15, -0.1) is 0 Å². The number of nitrogens with zero attached hydrogens (tertiary/aromatic N) is 1. The minimum atomic E-state index is -1.46. The van der Waals surface area contributed by atoms with E-state index in [2.05, 4.69) is 5.16 Å². The van der Waals surface area contributed by atoms with Crippen LogP contribution in [0.3, 0.4) is 0 Å². The van der Waals surface area contributed by atoms with Gasteiger partial charge < -0.3 is 34.7 Å². The molecule has 0 saturated heterocycles. The van der Waals surface area contributed by atoms with Crippen LogP contribution in [0.2, 0.25) is 0 Å². The van der Waals surface area contributed by atoms with Crippen molar-refractivity contribution in [2.24, 2.45) is 23.5 Å². The number of aromatic hydroxyl groups is 1. The van der Waals surface area contributed by atoms with Crippen LogP contribution >= 0.6 is 0 Å². The summed E-state index contributed by atoms with van der Waals surface area (Å²) < 4.78 is 22.6. The molecule has 4 aromatic rings. The number of phenolic OH excluding ortho intramolecular Hbond substituents is 1. The maximum absolute atomic E-state index is 14.2. The van der Waals surface area contributed by atoms with Crippen LogP contribution in [0.5, 0.6) is 11.6 Å². The summed E-state index contributed by atoms with van der Waals surface area (Å²) in [7, 11) is 0. The number of carbonyl (C=O) groups excluding carboxylic acids is 3. The van der Waals surface area contributed by atoms with Gasteiger partial charge in [0.25, 0.3) is 5.88 Å². The molecule has 5 atom stereocenters. The summed E-state index contributed by atoms with van der Waals surface area (Å²) >= 11 is 0. The van der Waals surface area contributed by atoms with Gasteiger partial charge in [0.05, 0.1) is 17.5 Å². The van der Waals surface area contributed by atoms with Gasteiger partial charge >= 0.3 is 6.16 Å². The Hall–Kier alpha value is -5.42. The van der Waals surface area contributed by atoms with Crippen molar-refractivity contribution in [3.63, 3.8) is 0 Å². The van der Waals surface area contributed by atoms with Crippen LogP contribution in [0, 0.1) is 17.8 Å². The van der Waals surface area contributed by atoms with Crippen molar-refractivity contribution in [1.29, 1.82) is 0 Å². The first kappa shape index (κ1) is 28.4. The van der Waals surface area contributed by atoms with Crippen molar-refractivity contribution in [2.45, 2.75) is 31.8 Å². The molecule has 3 aromatic carbocycles. The fourth-order valence-electron chi connectivity index (χ4n) is 6.68. The SMILES string of the molecule is N[C@@H]1c2onc(OCc3ccccc3)c2C(=O)C2C(=O)C3=C(O)c4c(O)cccc4C[C@H]3[C@H](OC(=O)OCc3ccccc3)[C@H]21. The number of hydrogen-bond donors (Lipinski definition) is 3. The molecule has 1 fully saturated rings. The van der Waals surface area contributed by atoms with Gasteiger partial charge in [-0.25, -0.2) is 4.79 Å². The molecule has 3 aliphatic rings. The number of rotatable bonds is 6. The molecule has 7 rings (SSSR count). The van der Waals surface area contributed by atoms with Gasteiger partial charge in [0.1, 0.15) is 36.4 Å². The van der Waals surface area contributed by atoms with Crippen LogP contribution in [0.15, 0.2) is 89.0 Å². The normalized spacial score (nSPS) is 23.4. The Morgan fingerprint density at radius 1 is 0.889 bits per heavy atom. The average molecular weight is 609 g/mol. The highest BCUT2D eigenvalue weighted by molar-refractivity contribution is 6.21. The van der Waals surface area contributed by atoms with E-state index in [1.807, 2.05) is 36.4 Å². The van der Waals surface area contributed by atoms with Gasteiger partial charge in [-0.05, 0) is 34.3 Å². The molecule has 1 saturated carbocycles. The molecule has 0 bridgehead atoms. The number of fused-ring (bicyclic) bond motifs is 4. The maximum Gasteiger partial charge on any atom is 0.508 e. The standard InChI is InChI=1S/C34H28N2O9/c35-27-24-25(30(40)26-32(27)45-36-33(26)42-15-17-8-3-1-4-9-17)29(39)23-20(14-19-12-7-13-21(37)22(19)28(23)38)31(24)44-34(41)43-16-18-10-5-2-6-11-18/h1-13,20,24-25,27,31,37-38H,14-16,35H2/t20-,24-,25?,27+,31+/m1/s1. The molecule has 1 aromatic heterocycles. The van der Waals surface area contributed by atoms with Crippen LogP contribution < -0.4 is 10.5 Å². The van der Waals surface area contributed by atoms with Crippen LogP contribution in [0.1, 0.15) is 44.4 Å². The summed E-state index contributed by atoms with van der Waals surface area (Å²) in [6.07, 6.45) is -2.11. The smallest absolute Gasteiger partial charge is 0.507 e. The van der Waals surface area contributed by atoms with Crippen molar-refractivity contribution in [2.75, 3.05) is 0 Å². The van der Waals surface area contributed by atoms with Gasteiger partial charge in [-0.3, -0.25) is 9.59 Å². The highest BCUT2D eigenvalue weighted by Gasteiger charge is 2.60. The number of benzene rings is 3. The van der Waals surface area contributed by atoms with Gasteiger partial charge in [-0.2, -0.15) is 0 Å². The van der Waals surface area contributed by atoms with Crippen molar-refractivity contribution in [3.8, 4) is 11.6 Å². The molecule has 4 N–H and O–H groups in total. The number of carbonyl (C=O) groups is 3. The third-order valence-corrected chi connectivity index (χ3v) is 8.72. The minimum Gasteiger partial charge on any atom is -0.507 e. The van der Waals surface area contributed by atoms with E-state index in [1.165, 1.54) is 6.07 Å². The van der Waals surface area contributed by atoms with Crippen molar-refractivity contribution >= 4 is 23.5 Å². The fourth-order valence-corrected chi connectivity index (χ4v) is 6.68. The van der Waals surface area contributed by atoms with E-state index in [9.17, 15) is 24.6 Å². The predicted molar refractivity (Wildman–Crippen MR) is 157 cm³/mol. The highest BCUT2D eigenvalue weighted by Crippen LogP contribution is 2.53. The Bertz CT molecular complexity index is 1830. The van der Waals surface area contributed by atoms with Crippen LogP contribution in [0.25, 0.3) is 5.76 Å². The van der Waals surface area contributed by atoms with Crippen molar-refractivity contribution < 1.29 is 43.3 Å². The first-order chi connectivity index (χ1) is 21.8. The summed E-state index contributed by atoms with van der Waals surface area (Å²) in [5, 5.41) is 25.9. The molecule has 228 valence electrons. The molecule has 11 nitrogen and oxygen atoms in total. The van der Waals surface area contributed by atoms with Gasteiger partial charge in [0.15, 0.2) is 17.3 Å². The van der Waals surface area contributed by atoms with E-state index in [0.29, 0.717) is 5.56 Å². The number of ether oxygens (including phenoxy) is 3. The van der Waals surface area contributed by atoms with E-state index in [1.54, 1.807) is 36.4 Å². The Labute approximate surface area is 256 Å². The second-order valence-corrected chi connectivity index (χ2v) is 11.3. The third-order valence-electron chi connectivity index (χ3n) is 8.72. The number of phenols is 1. The Kier molecular flexibility index (Phi) is 7.09. The van der Waals surface area contributed by atoms with Crippen LogP contribution in [0.4, 0.5) is 4.79 Å². The average Bonchev–Trinajstić information content (AvgIpc) is 3.48. The summed E-state index contributed by atoms with van der Waals surface area (Å²) in [6, 6.07) is 21.8. The first-order valence-corrected chi connectivity index (χ1v) is 14.5. The lowest BCUT2D eigenvalue weighted by Crippen LogP contribution is -2.57. The molecular formula is C34H28N2O9. The van der Waals surface area contributed by atoms with Crippen LogP contribution in [-0.4, -0.2) is 39.2 Å². The second-order valence-electron chi connectivity index (χ2n) is 11.3. The Balaban J connectivity index is 1.27. The Morgan fingerprint density at radius 2 is 1.58 bits per heavy atom. The second kappa shape index (κ2) is 11.3. The Morgan fingerprint density at radius 3 is 2.29 bits per heavy atom. The predicted octanol–water partition coefficient (Wildman–Crippen LogP) is 4.83.